The van der Waals surface area contributed by atoms with Crippen LogP contribution in [0.2, 0.25) is 0 Å². The second kappa shape index (κ2) is 10.1. The molecule has 4 amide bonds. The zero-order valence-electron chi connectivity index (χ0n) is 19.6. The molecule has 3 rings (SSSR count). The number of carbonyl (C=O) groups is 2. The van der Waals surface area contributed by atoms with Crippen molar-refractivity contribution in [2.24, 2.45) is 0 Å². The number of anilines is 2. The first kappa shape index (κ1) is 23.0. The molecule has 2 fully saturated rings. The van der Waals surface area contributed by atoms with Gasteiger partial charge >= 0.3 is 12.1 Å². The number of nitrogens with one attached hydrogen (secondary N) is 2. The maximum absolute atomic E-state index is 12.2. The zero-order chi connectivity index (χ0) is 22.5. The number of hydrogen-bond donors (Lipinski definition) is 2. The van der Waals surface area contributed by atoms with Gasteiger partial charge in [-0.2, -0.15) is 0 Å². The smallest absolute Gasteiger partial charge is 0.317 e. The van der Waals surface area contributed by atoms with Crippen molar-refractivity contribution in [3.05, 3.63) is 23.8 Å². The third kappa shape index (κ3) is 5.17. The molecule has 0 aliphatic carbocycles. The van der Waals surface area contributed by atoms with Gasteiger partial charge in [-0.3, -0.25) is 0 Å². The first-order valence-corrected chi connectivity index (χ1v) is 11.5. The van der Waals surface area contributed by atoms with E-state index in [1.54, 1.807) is 0 Å². The minimum atomic E-state index is 0.0291. The summed E-state index contributed by atoms with van der Waals surface area (Å²) >= 11 is 0. The fourth-order valence-corrected chi connectivity index (χ4v) is 4.69. The maximum atomic E-state index is 12.2. The Hall–Kier alpha value is -2.64. The average molecular weight is 431 g/mol. The van der Waals surface area contributed by atoms with Crippen molar-refractivity contribution in [2.45, 2.75) is 46.7 Å². The van der Waals surface area contributed by atoms with E-state index in [-0.39, 0.29) is 24.1 Å². The fourth-order valence-electron chi connectivity index (χ4n) is 4.69. The molecule has 8 heteroatoms. The van der Waals surface area contributed by atoms with E-state index in [9.17, 15) is 9.59 Å². The number of nitrogens with zero attached hydrogens (tertiary/aromatic N) is 4. The van der Waals surface area contributed by atoms with Gasteiger partial charge in [-0.1, -0.05) is 0 Å². The van der Waals surface area contributed by atoms with Gasteiger partial charge in [-0.05, 0) is 58.4 Å². The van der Waals surface area contributed by atoms with Gasteiger partial charge in [0.05, 0.1) is 0 Å². The average Bonchev–Trinajstić information content (AvgIpc) is 2.73. The summed E-state index contributed by atoms with van der Waals surface area (Å²) in [5.74, 6) is 0. The van der Waals surface area contributed by atoms with Crippen LogP contribution in [0, 0.1) is 6.92 Å². The summed E-state index contributed by atoms with van der Waals surface area (Å²) < 4.78 is 0. The molecule has 8 nitrogen and oxygen atoms in total. The Kier molecular flexibility index (Phi) is 7.51. The van der Waals surface area contributed by atoms with E-state index in [2.05, 4.69) is 59.4 Å². The fraction of sp³-hybridized carbons (Fsp3) is 0.652. The first-order chi connectivity index (χ1) is 14.8. The van der Waals surface area contributed by atoms with Gasteiger partial charge in [0, 0.05) is 75.8 Å². The normalized spacial score (nSPS) is 21.8. The monoisotopic (exact) mass is 430 g/mol. The number of rotatable bonds is 4. The molecular formula is C23H38N6O2. The summed E-state index contributed by atoms with van der Waals surface area (Å²) in [5.41, 5.74) is 3.69. The second-order valence-electron chi connectivity index (χ2n) is 8.62. The van der Waals surface area contributed by atoms with Crippen LogP contribution in [-0.4, -0.2) is 86.3 Å². The van der Waals surface area contributed by atoms with E-state index in [1.165, 1.54) is 16.9 Å². The Bertz CT molecular complexity index is 785. The van der Waals surface area contributed by atoms with Gasteiger partial charge in [0.25, 0.3) is 0 Å². The van der Waals surface area contributed by atoms with Gasteiger partial charge in [-0.15, -0.1) is 0 Å². The Balaban J connectivity index is 1.64. The number of carbonyl (C=O) groups excluding carboxylic acids is 2. The summed E-state index contributed by atoms with van der Waals surface area (Å²) in [6.45, 7) is 16.4. The quantitative estimate of drug-likeness (QED) is 0.770. The van der Waals surface area contributed by atoms with Crippen LogP contribution >= 0.6 is 0 Å². The zero-order valence-corrected chi connectivity index (χ0v) is 19.6. The molecule has 0 bridgehead atoms. The van der Waals surface area contributed by atoms with Crippen molar-refractivity contribution in [1.82, 2.24) is 20.4 Å². The topological polar surface area (TPSA) is 71.2 Å². The van der Waals surface area contributed by atoms with Gasteiger partial charge in [0.1, 0.15) is 0 Å². The lowest BCUT2D eigenvalue weighted by atomic mass is 10.1. The second-order valence-corrected chi connectivity index (χ2v) is 8.62. The molecule has 2 N–H and O–H groups in total. The van der Waals surface area contributed by atoms with Crippen LogP contribution in [0.15, 0.2) is 18.2 Å². The number of amides is 4. The van der Waals surface area contributed by atoms with Crippen LogP contribution in [0.4, 0.5) is 21.0 Å². The molecule has 2 aliphatic rings. The van der Waals surface area contributed by atoms with Crippen LogP contribution in [0.3, 0.4) is 0 Å². The summed E-state index contributed by atoms with van der Waals surface area (Å²) in [7, 11) is 0. The number of aryl methyl sites for hydroxylation is 1. The first-order valence-electron chi connectivity index (χ1n) is 11.5. The number of hydrogen-bond acceptors (Lipinski definition) is 4. The Labute approximate surface area is 186 Å². The molecule has 1 aromatic carbocycles. The third-order valence-corrected chi connectivity index (χ3v) is 6.31. The molecule has 2 saturated heterocycles. The molecule has 0 spiro atoms. The van der Waals surface area contributed by atoms with Crippen LogP contribution in [-0.2, 0) is 0 Å². The lowest BCUT2D eigenvalue weighted by molar-refractivity contribution is 0.172. The minimum absolute atomic E-state index is 0.0291. The molecule has 2 atom stereocenters. The van der Waals surface area contributed by atoms with Gasteiger partial charge in [0.2, 0.25) is 0 Å². The Morgan fingerprint density at radius 2 is 1.65 bits per heavy atom. The maximum Gasteiger partial charge on any atom is 0.317 e. The van der Waals surface area contributed by atoms with Crippen LogP contribution in [0.1, 0.15) is 33.3 Å². The summed E-state index contributed by atoms with van der Waals surface area (Å²) in [6, 6.07) is 7.16. The molecule has 0 aromatic heterocycles. The number of benzene rings is 1. The van der Waals surface area contributed by atoms with Crippen LogP contribution < -0.4 is 20.4 Å². The van der Waals surface area contributed by atoms with Gasteiger partial charge < -0.3 is 30.2 Å². The van der Waals surface area contributed by atoms with Crippen molar-refractivity contribution in [3.8, 4) is 0 Å². The minimum Gasteiger partial charge on any atom is -0.367 e. The van der Waals surface area contributed by atoms with E-state index in [4.69, 9.17) is 0 Å². The number of urea groups is 2. The van der Waals surface area contributed by atoms with Gasteiger partial charge in [-0.25, -0.2) is 9.59 Å². The predicted molar refractivity (Wildman–Crippen MR) is 126 cm³/mol. The molecule has 172 valence electrons. The highest BCUT2D eigenvalue weighted by molar-refractivity contribution is 5.75. The molecule has 0 saturated carbocycles. The Morgan fingerprint density at radius 1 is 0.935 bits per heavy atom. The van der Waals surface area contributed by atoms with Crippen molar-refractivity contribution in [3.63, 3.8) is 0 Å². The summed E-state index contributed by atoms with van der Waals surface area (Å²) in [5, 5.41) is 5.81. The third-order valence-electron chi connectivity index (χ3n) is 6.31. The van der Waals surface area contributed by atoms with Crippen molar-refractivity contribution in [1.29, 1.82) is 0 Å². The van der Waals surface area contributed by atoms with E-state index in [0.29, 0.717) is 13.1 Å². The van der Waals surface area contributed by atoms with Crippen LogP contribution in [0.25, 0.3) is 0 Å². The standard InChI is InChI=1S/C23H38N6O2/c1-6-24-22(30)27-11-12-28(18(4)16-27)20-8-9-21(17(3)14-20)26-10-13-29(19(5)15-26)23(31)25-7-2/h8-9,14,18-19H,6-7,10-13,15-16H2,1-5H3,(H,24,30)(H,25,31)/t18-,19+/m1/s1. The molecular weight excluding hydrogens is 392 g/mol. The highest BCUT2D eigenvalue weighted by atomic mass is 16.2. The largest absolute Gasteiger partial charge is 0.367 e. The summed E-state index contributed by atoms with van der Waals surface area (Å²) in [4.78, 5) is 33.0. The molecule has 0 radical (unpaired) electrons. The van der Waals surface area contributed by atoms with E-state index in [0.717, 1.165) is 39.3 Å². The molecule has 0 unspecified atom stereocenters. The van der Waals surface area contributed by atoms with Crippen LogP contribution in [0.5, 0.6) is 0 Å². The van der Waals surface area contributed by atoms with Crippen molar-refractivity contribution >= 4 is 23.4 Å². The number of piperazine rings is 2. The SMILES string of the molecule is CCNC(=O)N1CCN(c2ccc(N3CCN(C(=O)NCC)[C@@H](C)C3)c(C)c2)[C@H](C)C1. The highest BCUT2D eigenvalue weighted by Crippen LogP contribution is 2.29. The molecule has 2 heterocycles. The molecule has 2 aliphatic heterocycles. The van der Waals surface area contributed by atoms with E-state index >= 15 is 0 Å². The lowest BCUT2D eigenvalue weighted by Crippen LogP contribution is -2.56. The van der Waals surface area contributed by atoms with E-state index in [1.807, 2.05) is 23.6 Å². The summed E-state index contributed by atoms with van der Waals surface area (Å²) in [6.07, 6.45) is 0. The van der Waals surface area contributed by atoms with Crippen molar-refractivity contribution < 1.29 is 9.59 Å². The van der Waals surface area contributed by atoms with Gasteiger partial charge in [0.15, 0.2) is 0 Å². The molecule has 1 aromatic rings. The highest BCUT2D eigenvalue weighted by Gasteiger charge is 2.29. The van der Waals surface area contributed by atoms with E-state index < -0.39 is 0 Å². The predicted octanol–water partition coefficient (Wildman–Crippen LogP) is 2.48. The van der Waals surface area contributed by atoms with Crippen molar-refractivity contribution in [2.75, 3.05) is 62.2 Å². The lowest BCUT2D eigenvalue weighted by Gasteiger charge is -2.42. The Morgan fingerprint density at radius 3 is 2.26 bits per heavy atom. The molecule has 31 heavy (non-hydrogen) atoms.